The van der Waals surface area contributed by atoms with Crippen molar-refractivity contribution in [1.29, 1.82) is 0 Å². The van der Waals surface area contributed by atoms with Crippen LogP contribution in [-0.2, 0) is 0 Å². The third-order valence-electron chi connectivity index (χ3n) is 4.25. The fourth-order valence-electron chi connectivity index (χ4n) is 3.13. The van der Waals surface area contributed by atoms with Gasteiger partial charge in [0.1, 0.15) is 5.82 Å². The summed E-state index contributed by atoms with van der Waals surface area (Å²) in [5, 5.41) is 9.39. The summed E-state index contributed by atoms with van der Waals surface area (Å²) < 4.78 is 1.90. The van der Waals surface area contributed by atoms with Gasteiger partial charge in [-0.2, -0.15) is 0 Å². The molecule has 0 spiro atoms. The summed E-state index contributed by atoms with van der Waals surface area (Å²) >= 11 is 5.96. The highest BCUT2D eigenvalue weighted by Crippen LogP contribution is 2.34. The monoisotopic (exact) mass is 319 g/mol. The first-order valence-electron chi connectivity index (χ1n) is 7.44. The molecule has 0 amide bonds. The lowest BCUT2D eigenvalue weighted by Crippen LogP contribution is -2.13. The highest BCUT2D eigenvalue weighted by molar-refractivity contribution is 6.34. The van der Waals surface area contributed by atoms with E-state index in [1.807, 2.05) is 10.8 Å². The van der Waals surface area contributed by atoms with Gasteiger partial charge in [-0.3, -0.25) is 0 Å². The Morgan fingerprint density at radius 2 is 2.05 bits per heavy atom. The number of rotatable bonds is 3. The van der Waals surface area contributed by atoms with Crippen LogP contribution >= 0.6 is 11.6 Å². The summed E-state index contributed by atoms with van der Waals surface area (Å²) in [6, 6.07) is 3.01. The van der Waals surface area contributed by atoms with Gasteiger partial charge in [0.25, 0.3) is 0 Å². The number of benzene rings is 1. The molecule has 3 N–H and O–H groups in total. The molecule has 1 aliphatic carbocycles. The van der Waals surface area contributed by atoms with Crippen LogP contribution in [0.5, 0.6) is 0 Å². The molecule has 3 rings (SSSR count). The van der Waals surface area contributed by atoms with Crippen molar-refractivity contribution in [2.24, 2.45) is 0 Å². The smallest absolute Gasteiger partial charge is 0.337 e. The molecule has 22 heavy (non-hydrogen) atoms. The summed E-state index contributed by atoms with van der Waals surface area (Å²) in [6.45, 7) is 0. The minimum absolute atomic E-state index is 0.0501. The van der Waals surface area contributed by atoms with Crippen LogP contribution in [0.1, 0.15) is 54.2 Å². The van der Waals surface area contributed by atoms with Gasteiger partial charge >= 0.3 is 5.97 Å². The third-order valence-corrected chi connectivity index (χ3v) is 4.56. The lowest BCUT2D eigenvalue weighted by molar-refractivity contribution is 0.0697. The Hall–Kier alpha value is -2.01. The van der Waals surface area contributed by atoms with Gasteiger partial charge in [0.2, 0.25) is 0 Å². The van der Waals surface area contributed by atoms with Crippen molar-refractivity contribution in [2.45, 2.75) is 38.0 Å². The number of nitrogen functional groups attached to an aromatic ring is 1. The van der Waals surface area contributed by atoms with E-state index in [1.165, 1.54) is 31.4 Å². The average molecular weight is 320 g/mol. The van der Waals surface area contributed by atoms with Crippen LogP contribution in [0.25, 0.3) is 5.69 Å². The summed E-state index contributed by atoms with van der Waals surface area (Å²) in [5.74, 6) is 0.280. The molecule has 0 radical (unpaired) electrons. The Morgan fingerprint density at radius 3 is 2.73 bits per heavy atom. The molecule has 6 heteroatoms. The molecular formula is C16H18ClN3O2. The van der Waals surface area contributed by atoms with E-state index < -0.39 is 5.97 Å². The van der Waals surface area contributed by atoms with Crippen LogP contribution < -0.4 is 5.73 Å². The van der Waals surface area contributed by atoms with Crippen molar-refractivity contribution in [3.63, 3.8) is 0 Å². The van der Waals surface area contributed by atoms with Crippen LogP contribution in [-0.4, -0.2) is 20.6 Å². The van der Waals surface area contributed by atoms with Crippen LogP contribution in [0.3, 0.4) is 0 Å². The highest BCUT2D eigenvalue weighted by Gasteiger charge is 2.22. The average Bonchev–Trinajstić information content (AvgIpc) is 2.97. The molecule has 2 aromatic rings. The molecule has 1 fully saturated rings. The Balaban J connectivity index is 2.06. The van der Waals surface area contributed by atoms with E-state index in [-0.39, 0.29) is 10.6 Å². The first-order chi connectivity index (χ1) is 10.6. The number of nitrogens with zero attached hydrogens (tertiary/aromatic N) is 2. The van der Waals surface area contributed by atoms with E-state index in [2.05, 4.69) is 4.98 Å². The van der Waals surface area contributed by atoms with Crippen molar-refractivity contribution in [2.75, 3.05) is 5.73 Å². The number of carboxylic acid groups (broad SMARTS) is 1. The van der Waals surface area contributed by atoms with Crippen LogP contribution in [0.15, 0.2) is 24.5 Å². The Morgan fingerprint density at radius 1 is 1.32 bits per heavy atom. The van der Waals surface area contributed by atoms with Crippen LogP contribution in [0.2, 0.25) is 5.02 Å². The van der Waals surface area contributed by atoms with Gasteiger partial charge in [-0.25, -0.2) is 9.78 Å². The number of hydrogen-bond acceptors (Lipinski definition) is 3. The van der Waals surface area contributed by atoms with Crippen molar-refractivity contribution < 1.29 is 9.90 Å². The molecule has 1 aliphatic rings. The number of imidazole rings is 1. The maximum absolute atomic E-state index is 11.3. The summed E-state index contributed by atoms with van der Waals surface area (Å²) in [6.07, 6.45) is 9.45. The van der Waals surface area contributed by atoms with Gasteiger partial charge in [0.15, 0.2) is 0 Å². The lowest BCUT2D eigenvalue weighted by atomic mass is 9.88. The second kappa shape index (κ2) is 6.01. The van der Waals surface area contributed by atoms with Crippen LogP contribution in [0.4, 0.5) is 5.69 Å². The molecule has 1 heterocycles. The second-order valence-electron chi connectivity index (χ2n) is 5.69. The molecule has 0 saturated heterocycles. The zero-order valence-corrected chi connectivity index (χ0v) is 12.9. The number of halogens is 1. The molecule has 5 nitrogen and oxygen atoms in total. The quantitative estimate of drug-likeness (QED) is 0.842. The van der Waals surface area contributed by atoms with E-state index in [1.54, 1.807) is 6.20 Å². The Bertz CT molecular complexity index is 705. The standard InChI is InChI=1S/C16H18ClN3O2/c17-12-9-13(18)14(8-11(12)16(21)22)20-7-6-19-15(20)10-4-2-1-3-5-10/h6-10H,1-5,18H2,(H,21,22). The number of carbonyl (C=O) groups is 1. The highest BCUT2D eigenvalue weighted by atomic mass is 35.5. The van der Waals surface area contributed by atoms with E-state index >= 15 is 0 Å². The molecule has 0 atom stereocenters. The van der Waals surface area contributed by atoms with Crippen molar-refractivity contribution in [1.82, 2.24) is 9.55 Å². The topological polar surface area (TPSA) is 81.1 Å². The largest absolute Gasteiger partial charge is 0.478 e. The third kappa shape index (κ3) is 2.68. The van der Waals surface area contributed by atoms with Gasteiger partial charge in [0.05, 0.1) is 22.0 Å². The number of hydrogen-bond donors (Lipinski definition) is 2. The maximum atomic E-state index is 11.3. The van der Waals surface area contributed by atoms with Gasteiger partial charge in [-0.1, -0.05) is 30.9 Å². The molecule has 116 valence electrons. The number of anilines is 1. The summed E-state index contributed by atoms with van der Waals surface area (Å²) in [4.78, 5) is 15.8. The van der Waals surface area contributed by atoms with Crippen molar-refractivity contribution in [3.05, 3.63) is 40.9 Å². The van der Waals surface area contributed by atoms with E-state index in [0.717, 1.165) is 18.7 Å². The first kappa shape index (κ1) is 14.9. The second-order valence-corrected chi connectivity index (χ2v) is 6.09. The van der Waals surface area contributed by atoms with Gasteiger partial charge in [-0.05, 0) is 25.0 Å². The predicted octanol–water partition coefficient (Wildman–Crippen LogP) is 3.85. The van der Waals surface area contributed by atoms with Crippen LogP contribution in [0, 0.1) is 0 Å². The molecule has 0 bridgehead atoms. The van der Waals surface area contributed by atoms with Gasteiger partial charge < -0.3 is 15.4 Å². The normalized spacial score (nSPS) is 15.9. The van der Waals surface area contributed by atoms with E-state index in [4.69, 9.17) is 17.3 Å². The molecular weight excluding hydrogens is 302 g/mol. The minimum atomic E-state index is -1.06. The molecule has 1 aromatic carbocycles. The summed E-state index contributed by atoms with van der Waals surface area (Å²) in [5.41, 5.74) is 7.18. The molecule has 0 aliphatic heterocycles. The number of aromatic carboxylic acids is 1. The first-order valence-corrected chi connectivity index (χ1v) is 7.81. The lowest BCUT2D eigenvalue weighted by Gasteiger charge is -2.22. The molecule has 1 aromatic heterocycles. The molecule has 1 saturated carbocycles. The zero-order valence-electron chi connectivity index (χ0n) is 12.1. The zero-order chi connectivity index (χ0) is 15.7. The number of nitrogens with two attached hydrogens (primary N) is 1. The minimum Gasteiger partial charge on any atom is -0.478 e. The number of carboxylic acids is 1. The van der Waals surface area contributed by atoms with Crippen molar-refractivity contribution in [3.8, 4) is 5.69 Å². The van der Waals surface area contributed by atoms with E-state index in [9.17, 15) is 9.90 Å². The van der Waals surface area contributed by atoms with Crippen molar-refractivity contribution >= 4 is 23.3 Å². The number of aromatic nitrogens is 2. The Kier molecular flexibility index (Phi) is 4.07. The van der Waals surface area contributed by atoms with E-state index in [0.29, 0.717) is 17.3 Å². The van der Waals surface area contributed by atoms with Gasteiger partial charge in [0, 0.05) is 18.3 Å². The molecule has 0 unspecified atom stereocenters. The SMILES string of the molecule is Nc1cc(Cl)c(C(=O)O)cc1-n1ccnc1C1CCCCC1. The fraction of sp³-hybridized carbons (Fsp3) is 0.375. The predicted molar refractivity (Wildman–Crippen MR) is 85.8 cm³/mol. The maximum Gasteiger partial charge on any atom is 0.337 e. The summed E-state index contributed by atoms with van der Waals surface area (Å²) in [7, 11) is 0. The Labute approximate surface area is 133 Å². The fourth-order valence-corrected chi connectivity index (χ4v) is 3.38. The van der Waals surface area contributed by atoms with Gasteiger partial charge in [-0.15, -0.1) is 0 Å².